The molecule has 2 aromatic rings. The lowest BCUT2D eigenvalue weighted by molar-refractivity contribution is 0.273. The molecular weight excluding hydrogens is 375 g/mol. The standard InChI is InChI=1S/C15H16Cl2N2O2S2/c1-2-7-21-23-15(20)22-14(9-19-6-5-18-10-19)12-4-3-11(16)8-13(12)17/h3-6,8,10,14H,2,7,9H2,1H3. The van der Waals surface area contributed by atoms with Gasteiger partial charge in [-0.05, 0) is 24.1 Å². The maximum atomic E-state index is 12.1. The lowest BCUT2D eigenvalue weighted by atomic mass is 10.1. The summed E-state index contributed by atoms with van der Waals surface area (Å²) in [4.78, 5) is 16.1. The summed E-state index contributed by atoms with van der Waals surface area (Å²) in [6, 6.07) is 5.31. The zero-order valence-corrected chi connectivity index (χ0v) is 15.6. The molecule has 1 aromatic carbocycles. The molecule has 0 aliphatic rings. The number of benzene rings is 1. The average Bonchev–Trinajstić information content (AvgIpc) is 3.00. The third-order valence-electron chi connectivity index (χ3n) is 2.90. The molecule has 1 atom stereocenters. The molecule has 0 saturated heterocycles. The normalized spacial score (nSPS) is 12.3. The fourth-order valence-electron chi connectivity index (χ4n) is 1.86. The highest BCUT2D eigenvalue weighted by atomic mass is 35.5. The fraction of sp³-hybridized carbons (Fsp3) is 0.333. The molecule has 0 aliphatic heterocycles. The quantitative estimate of drug-likeness (QED) is 0.437. The molecule has 0 amide bonds. The Bertz CT molecular complexity index is 638. The van der Waals surface area contributed by atoms with Crippen LogP contribution in [0.4, 0.5) is 4.79 Å². The predicted octanol–water partition coefficient (Wildman–Crippen LogP) is 5.86. The number of nitrogens with zero attached hydrogens (tertiary/aromatic N) is 2. The summed E-state index contributed by atoms with van der Waals surface area (Å²) in [7, 11) is 0. The fourth-order valence-corrected chi connectivity index (χ4v) is 4.27. The van der Waals surface area contributed by atoms with Gasteiger partial charge in [0.25, 0.3) is 4.45 Å². The van der Waals surface area contributed by atoms with Crippen LogP contribution in [0, 0.1) is 0 Å². The monoisotopic (exact) mass is 390 g/mol. The van der Waals surface area contributed by atoms with E-state index in [1.54, 1.807) is 24.7 Å². The number of carbonyl (C=O) groups is 1. The van der Waals surface area contributed by atoms with Crippen molar-refractivity contribution in [2.24, 2.45) is 0 Å². The third kappa shape index (κ3) is 6.04. The number of hydrogen-bond acceptors (Lipinski definition) is 5. The van der Waals surface area contributed by atoms with Crippen molar-refractivity contribution in [1.29, 1.82) is 0 Å². The van der Waals surface area contributed by atoms with Crippen molar-refractivity contribution >= 4 is 51.5 Å². The Morgan fingerprint density at radius 2 is 2.26 bits per heavy atom. The molecule has 8 heteroatoms. The van der Waals surface area contributed by atoms with Gasteiger partial charge in [0.15, 0.2) is 0 Å². The Morgan fingerprint density at radius 3 is 2.91 bits per heavy atom. The second kappa shape index (κ2) is 9.59. The van der Waals surface area contributed by atoms with E-state index in [1.165, 1.54) is 11.8 Å². The van der Waals surface area contributed by atoms with Crippen molar-refractivity contribution in [3.63, 3.8) is 0 Å². The highest BCUT2D eigenvalue weighted by Gasteiger charge is 2.21. The van der Waals surface area contributed by atoms with Crippen LogP contribution in [0.3, 0.4) is 0 Å². The SMILES string of the molecule is CCCOSC(=O)SC(Cn1ccnc1)c1ccc(Cl)cc1Cl. The number of aromatic nitrogens is 2. The Kier molecular flexibility index (Phi) is 7.79. The van der Waals surface area contributed by atoms with E-state index in [4.69, 9.17) is 27.4 Å². The van der Waals surface area contributed by atoms with Crippen molar-refractivity contribution in [3.05, 3.63) is 52.5 Å². The summed E-state index contributed by atoms with van der Waals surface area (Å²) in [6.07, 6.45) is 6.13. The molecule has 0 spiro atoms. The van der Waals surface area contributed by atoms with E-state index in [0.29, 0.717) is 23.2 Å². The molecule has 0 fully saturated rings. The highest BCUT2D eigenvalue weighted by molar-refractivity contribution is 8.36. The summed E-state index contributed by atoms with van der Waals surface area (Å²) in [5.41, 5.74) is 0.860. The molecule has 0 bridgehead atoms. The first kappa shape index (κ1) is 18.7. The van der Waals surface area contributed by atoms with Crippen LogP contribution in [0.15, 0.2) is 36.9 Å². The second-order valence-electron chi connectivity index (χ2n) is 4.69. The van der Waals surface area contributed by atoms with Gasteiger partial charge in [0, 0.05) is 29.0 Å². The van der Waals surface area contributed by atoms with Crippen molar-refractivity contribution < 1.29 is 8.98 Å². The first-order valence-corrected chi connectivity index (χ1v) is 9.38. The van der Waals surface area contributed by atoms with Crippen LogP contribution >= 0.6 is 47.0 Å². The number of imidazole rings is 1. The van der Waals surface area contributed by atoms with Gasteiger partial charge in [-0.25, -0.2) is 4.98 Å². The van der Waals surface area contributed by atoms with Gasteiger partial charge in [-0.2, -0.15) is 0 Å². The topological polar surface area (TPSA) is 44.1 Å². The highest BCUT2D eigenvalue weighted by Crippen LogP contribution is 2.39. The minimum Gasteiger partial charge on any atom is -0.336 e. The summed E-state index contributed by atoms with van der Waals surface area (Å²) in [6.45, 7) is 3.12. The van der Waals surface area contributed by atoms with Crippen LogP contribution in [0.25, 0.3) is 0 Å². The van der Waals surface area contributed by atoms with Gasteiger partial charge in [-0.3, -0.25) is 4.79 Å². The smallest absolute Gasteiger partial charge is 0.273 e. The zero-order chi connectivity index (χ0) is 16.7. The van der Waals surface area contributed by atoms with Crippen LogP contribution in [-0.2, 0) is 10.7 Å². The lowest BCUT2D eigenvalue weighted by Crippen LogP contribution is -2.07. The Hall–Kier alpha value is -0.660. The third-order valence-corrected chi connectivity index (χ3v) is 5.25. The summed E-state index contributed by atoms with van der Waals surface area (Å²) in [5.74, 6) is 0. The summed E-state index contributed by atoms with van der Waals surface area (Å²) in [5, 5.41) is 0.957. The van der Waals surface area contributed by atoms with Crippen LogP contribution in [0.5, 0.6) is 0 Å². The second-order valence-corrected chi connectivity index (χ2v) is 7.74. The molecule has 23 heavy (non-hydrogen) atoms. The van der Waals surface area contributed by atoms with Gasteiger partial charge < -0.3 is 8.75 Å². The van der Waals surface area contributed by atoms with Crippen LogP contribution in [0.1, 0.15) is 24.2 Å². The van der Waals surface area contributed by atoms with E-state index in [9.17, 15) is 4.79 Å². The zero-order valence-electron chi connectivity index (χ0n) is 12.4. The molecule has 0 saturated carbocycles. The maximum Gasteiger partial charge on any atom is 0.273 e. The van der Waals surface area contributed by atoms with Crippen LogP contribution in [-0.4, -0.2) is 20.6 Å². The van der Waals surface area contributed by atoms with Gasteiger partial charge in [0.05, 0.1) is 30.2 Å². The maximum absolute atomic E-state index is 12.1. The largest absolute Gasteiger partial charge is 0.336 e. The van der Waals surface area contributed by atoms with Crippen LogP contribution < -0.4 is 0 Å². The minimum absolute atomic E-state index is 0.102. The molecule has 2 rings (SSSR count). The Balaban J connectivity index is 2.12. The van der Waals surface area contributed by atoms with E-state index in [0.717, 1.165) is 24.0 Å². The molecule has 1 unspecified atom stereocenters. The van der Waals surface area contributed by atoms with E-state index in [2.05, 4.69) is 4.98 Å². The molecule has 124 valence electrons. The molecule has 4 nitrogen and oxygen atoms in total. The number of rotatable bonds is 7. The molecule has 0 radical (unpaired) electrons. The van der Waals surface area contributed by atoms with E-state index in [1.807, 2.05) is 23.8 Å². The average molecular weight is 391 g/mol. The predicted molar refractivity (Wildman–Crippen MR) is 98.3 cm³/mol. The van der Waals surface area contributed by atoms with Gasteiger partial charge in [-0.1, -0.05) is 48.0 Å². The number of carbonyl (C=O) groups excluding carboxylic acids is 1. The number of hydrogen-bond donors (Lipinski definition) is 0. The Morgan fingerprint density at radius 1 is 1.43 bits per heavy atom. The summed E-state index contributed by atoms with van der Waals surface area (Å²) >= 11 is 14.3. The molecule has 1 heterocycles. The molecule has 1 aromatic heterocycles. The minimum atomic E-state index is -0.154. The van der Waals surface area contributed by atoms with Crippen molar-refractivity contribution in [2.75, 3.05) is 6.61 Å². The number of thioether (sulfide) groups is 1. The molecule has 0 N–H and O–H groups in total. The Labute approximate surface area is 154 Å². The summed E-state index contributed by atoms with van der Waals surface area (Å²) < 4.78 is 7.05. The van der Waals surface area contributed by atoms with Crippen molar-refractivity contribution in [3.8, 4) is 0 Å². The van der Waals surface area contributed by atoms with Gasteiger partial charge in [-0.15, -0.1) is 0 Å². The van der Waals surface area contributed by atoms with Gasteiger partial charge >= 0.3 is 0 Å². The van der Waals surface area contributed by atoms with Crippen molar-refractivity contribution in [2.45, 2.75) is 25.1 Å². The van der Waals surface area contributed by atoms with Crippen molar-refractivity contribution in [1.82, 2.24) is 9.55 Å². The molecular formula is C15H16Cl2N2O2S2. The lowest BCUT2D eigenvalue weighted by Gasteiger charge is -2.18. The van der Waals surface area contributed by atoms with Gasteiger partial charge in [0.1, 0.15) is 0 Å². The van der Waals surface area contributed by atoms with E-state index in [-0.39, 0.29) is 9.70 Å². The van der Waals surface area contributed by atoms with E-state index >= 15 is 0 Å². The van der Waals surface area contributed by atoms with E-state index < -0.39 is 0 Å². The molecule has 0 aliphatic carbocycles. The van der Waals surface area contributed by atoms with Gasteiger partial charge in [0.2, 0.25) is 0 Å². The van der Waals surface area contributed by atoms with Crippen LogP contribution in [0.2, 0.25) is 10.0 Å². The number of halogens is 2. The first-order valence-electron chi connectivity index (χ1n) is 7.01. The first-order chi connectivity index (χ1) is 11.1.